The van der Waals surface area contributed by atoms with E-state index in [9.17, 15) is 14.8 Å². The van der Waals surface area contributed by atoms with Crippen molar-refractivity contribution in [3.8, 4) is 11.6 Å². The molecule has 11 heteroatoms. The Morgan fingerprint density at radius 3 is 2.94 bits per heavy atom. The van der Waals surface area contributed by atoms with Crippen LogP contribution in [0.1, 0.15) is 27.2 Å². The second-order valence-electron chi connectivity index (χ2n) is 7.72. The number of benzene rings is 1. The summed E-state index contributed by atoms with van der Waals surface area (Å²) in [6, 6.07) is 10.4. The molecule has 33 heavy (non-hydrogen) atoms. The van der Waals surface area contributed by atoms with E-state index >= 15 is 0 Å². The van der Waals surface area contributed by atoms with Gasteiger partial charge < -0.3 is 25.8 Å². The number of nitrogens with zero attached hydrogens (tertiary/aromatic N) is 4. The third-order valence-electron chi connectivity index (χ3n) is 5.57. The Morgan fingerprint density at radius 1 is 1.24 bits per heavy atom. The van der Waals surface area contributed by atoms with E-state index in [0.29, 0.717) is 60.2 Å². The number of ether oxygens (including phenoxy) is 1. The first-order valence-electron chi connectivity index (χ1n) is 10.4. The number of nitrogens with two attached hydrogens (primary N) is 1. The van der Waals surface area contributed by atoms with Gasteiger partial charge in [0.2, 0.25) is 0 Å². The van der Waals surface area contributed by atoms with Crippen molar-refractivity contribution in [2.45, 2.75) is 19.6 Å². The molecule has 4 heterocycles. The Bertz CT molecular complexity index is 1360. The Morgan fingerprint density at radius 2 is 2.12 bits per heavy atom. The van der Waals surface area contributed by atoms with E-state index in [-0.39, 0.29) is 0 Å². The van der Waals surface area contributed by atoms with E-state index < -0.39 is 13.0 Å². The van der Waals surface area contributed by atoms with Crippen LogP contribution in [0.25, 0.3) is 17.2 Å². The standard InChI is InChI=1S/C22H21BN6O4/c24-19(30)16-5-2-7-29-18(16)11-26-22(29)21-27-17-12-33-8-6-15(17)20(28-21)25-10-13-3-1-4-14(9-13)23(31)32/h1-5,7,9,11,31-32H,6,8,10,12H2,(H2,24,30)(H,25,27,28). The smallest absolute Gasteiger partial charge is 0.423 e. The quantitative estimate of drug-likeness (QED) is 0.310. The fourth-order valence-electron chi connectivity index (χ4n) is 3.95. The number of amides is 1. The first kappa shape index (κ1) is 21.1. The average molecular weight is 444 g/mol. The largest absolute Gasteiger partial charge is 0.488 e. The molecule has 0 radical (unpaired) electrons. The van der Waals surface area contributed by atoms with E-state index in [1.54, 1.807) is 47.1 Å². The minimum Gasteiger partial charge on any atom is -0.423 e. The van der Waals surface area contributed by atoms with Crippen LogP contribution in [-0.4, -0.2) is 49.0 Å². The number of hydrogen-bond donors (Lipinski definition) is 4. The zero-order valence-corrected chi connectivity index (χ0v) is 17.6. The van der Waals surface area contributed by atoms with Crippen LogP contribution in [0.3, 0.4) is 0 Å². The highest BCUT2D eigenvalue weighted by molar-refractivity contribution is 6.58. The van der Waals surface area contributed by atoms with Gasteiger partial charge in [0.25, 0.3) is 5.91 Å². The van der Waals surface area contributed by atoms with Gasteiger partial charge in [0.1, 0.15) is 5.82 Å². The van der Waals surface area contributed by atoms with E-state index in [0.717, 1.165) is 16.8 Å². The number of carbonyl (C=O) groups excluding carboxylic acids is 1. The highest BCUT2D eigenvalue weighted by Crippen LogP contribution is 2.27. The lowest BCUT2D eigenvalue weighted by molar-refractivity contribution is 0.100. The Balaban J connectivity index is 1.54. The summed E-state index contributed by atoms with van der Waals surface area (Å²) in [6.07, 6.45) is 4.03. The fraction of sp³-hybridized carbons (Fsp3) is 0.182. The summed E-state index contributed by atoms with van der Waals surface area (Å²) in [5.41, 5.74) is 9.48. The number of rotatable bonds is 6. The van der Waals surface area contributed by atoms with Gasteiger partial charge in [0.15, 0.2) is 11.6 Å². The van der Waals surface area contributed by atoms with Gasteiger partial charge in [-0.05, 0) is 23.2 Å². The second kappa shape index (κ2) is 8.62. The molecule has 5 rings (SSSR count). The van der Waals surface area contributed by atoms with Crippen LogP contribution in [0.2, 0.25) is 0 Å². The summed E-state index contributed by atoms with van der Waals surface area (Å²) >= 11 is 0. The monoisotopic (exact) mass is 444 g/mol. The molecule has 0 saturated carbocycles. The lowest BCUT2D eigenvalue weighted by Crippen LogP contribution is -2.30. The number of pyridine rings is 1. The van der Waals surface area contributed by atoms with Crippen LogP contribution >= 0.6 is 0 Å². The molecule has 0 unspecified atom stereocenters. The molecule has 1 aliphatic rings. The van der Waals surface area contributed by atoms with E-state index in [1.165, 1.54) is 0 Å². The Hall–Kier alpha value is -3.80. The van der Waals surface area contributed by atoms with Crippen molar-refractivity contribution in [3.63, 3.8) is 0 Å². The van der Waals surface area contributed by atoms with Gasteiger partial charge in [0.05, 0.1) is 36.2 Å². The van der Waals surface area contributed by atoms with Crippen molar-refractivity contribution < 1.29 is 19.6 Å². The van der Waals surface area contributed by atoms with Crippen LogP contribution in [0, 0.1) is 0 Å². The zero-order chi connectivity index (χ0) is 22.9. The number of anilines is 1. The number of hydrogen-bond acceptors (Lipinski definition) is 8. The highest BCUT2D eigenvalue weighted by atomic mass is 16.5. The zero-order valence-electron chi connectivity index (χ0n) is 17.6. The molecule has 5 N–H and O–H groups in total. The summed E-state index contributed by atoms with van der Waals surface area (Å²) in [6.45, 7) is 1.37. The first-order valence-corrected chi connectivity index (χ1v) is 10.4. The minimum absolute atomic E-state index is 0.363. The molecule has 0 bridgehead atoms. The number of primary amides is 1. The van der Waals surface area contributed by atoms with Crippen molar-refractivity contribution in [2.24, 2.45) is 5.73 Å². The molecule has 4 aromatic rings. The molecule has 0 saturated heterocycles. The Labute approximate surface area is 189 Å². The summed E-state index contributed by atoms with van der Waals surface area (Å²) in [7, 11) is -1.53. The lowest BCUT2D eigenvalue weighted by atomic mass is 9.79. The maximum Gasteiger partial charge on any atom is 0.488 e. The summed E-state index contributed by atoms with van der Waals surface area (Å²) in [5.74, 6) is 0.998. The van der Waals surface area contributed by atoms with Crippen molar-refractivity contribution in [3.05, 3.63) is 71.2 Å². The van der Waals surface area contributed by atoms with Crippen molar-refractivity contribution in [1.82, 2.24) is 19.4 Å². The molecule has 1 aliphatic heterocycles. The third-order valence-corrected chi connectivity index (χ3v) is 5.57. The average Bonchev–Trinajstić information content (AvgIpc) is 3.26. The predicted molar refractivity (Wildman–Crippen MR) is 122 cm³/mol. The maximum atomic E-state index is 11.8. The highest BCUT2D eigenvalue weighted by Gasteiger charge is 2.22. The van der Waals surface area contributed by atoms with Gasteiger partial charge >= 0.3 is 7.12 Å². The van der Waals surface area contributed by atoms with Crippen molar-refractivity contribution in [2.75, 3.05) is 11.9 Å². The van der Waals surface area contributed by atoms with Crippen LogP contribution in [0.5, 0.6) is 0 Å². The van der Waals surface area contributed by atoms with Gasteiger partial charge in [-0.3, -0.25) is 9.20 Å². The molecule has 0 fully saturated rings. The number of nitrogens with one attached hydrogen (secondary N) is 1. The molecule has 1 amide bonds. The number of aromatic nitrogens is 4. The second-order valence-corrected chi connectivity index (χ2v) is 7.72. The van der Waals surface area contributed by atoms with Gasteiger partial charge in [-0.25, -0.2) is 15.0 Å². The molecule has 0 atom stereocenters. The molecule has 0 aliphatic carbocycles. The molecule has 0 spiro atoms. The predicted octanol–water partition coefficient (Wildman–Crippen LogP) is 0.255. The summed E-state index contributed by atoms with van der Waals surface area (Å²) in [4.78, 5) is 25.7. The van der Waals surface area contributed by atoms with E-state index in [1.807, 2.05) is 6.07 Å². The molecule has 10 nitrogen and oxygen atoms in total. The third kappa shape index (κ3) is 4.04. The normalized spacial score (nSPS) is 13.0. The summed E-state index contributed by atoms with van der Waals surface area (Å²) in [5, 5.41) is 22.2. The maximum absolute atomic E-state index is 11.8. The van der Waals surface area contributed by atoms with Gasteiger partial charge in [-0.2, -0.15) is 0 Å². The molecular weight excluding hydrogens is 423 g/mol. The molecular formula is C22H21BN6O4. The Kier molecular flexibility index (Phi) is 5.51. The van der Waals surface area contributed by atoms with Crippen molar-refractivity contribution >= 4 is 29.8 Å². The summed E-state index contributed by atoms with van der Waals surface area (Å²) < 4.78 is 7.34. The van der Waals surface area contributed by atoms with Crippen LogP contribution in [0.4, 0.5) is 5.82 Å². The first-order chi connectivity index (χ1) is 16.0. The number of imidazole rings is 1. The van der Waals surface area contributed by atoms with Gasteiger partial charge in [-0.1, -0.05) is 24.3 Å². The van der Waals surface area contributed by atoms with Gasteiger partial charge in [-0.15, -0.1) is 0 Å². The van der Waals surface area contributed by atoms with Crippen LogP contribution < -0.4 is 16.5 Å². The molecule has 1 aromatic carbocycles. The SMILES string of the molecule is NC(=O)c1cccn2c(-c3nc4c(c(NCc5cccc(B(O)O)c5)n3)CCOC4)ncc12. The molecule has 166 valence electrons. The van der Waals surface area contributed by atoms with Crippen LogP contribution in [-0.2, 0) is 24.3 Å². The molecule has 3 aromatic heterocycles. The minimum atomic E-state index is -1.53. The van der Waals surface area contributed by atoms with E-state index in [2.05, 4.69) is 10.3 Å². The number of fused-ring (bicyclic) bond motifs is 2. The fourth-order valence-corrected chi connectivity index (χ4v) is 3.95. The van der Waals surface area contributed by atoms with Crippen molar-refractivity contribution in [1.29, 1.82) is 0 Å². The van der Waals surface area contributed by atoms with E-state index in [4.69, 9.17) is 20.4 Å². The lowest BCUT2D eigenvalue weighted by Gasteiger charge is -2.20. The van der Waals surface area contributed by atoms with Gasteiger partial charge in [0, 0.05) is 24.7 Å². The topological polar surface area (TPSA) is 148 Å². The number of carbonyl (C=O) groups is 1. The van der Waals surface area contributed by atoms with Crippen LogP contribution in [0.15, 0.2) is 48.8 Å².